The summed E-state index contributed by atoms with van der Waals surface area (Å²) < 4.78 is 11.0. The molecule has 0 spiro atoms. The van der Waals surface area contributed by atoms with Crippen LogP contribution < -0.4 is 0 Å². The fourth-order valence-electron chi connectivity index (χ4n) is 8.40. The van der Waals surface area contributed by atoms with Gasteiger partial charge in [0.05, 0.1) is 11.0 Å². The normalized spacial score (nSPS) is 11.9. The highest BCUT2D eigenvalue weighted by molar-refractivity contribution is 7.25. The van der Waals surface area contributed by atoms with Gasteiger partial charge in [0, 0.05) is 69.7 Å². The van der Waals surface area contributed by atoms with E-state index in [-0.39, 0.29) is 0 Å². The summed E-state index contributed by atoms with van der Waals surface area (Å²) in [6.45, 7) is 0. The number of furan rings is 1. The molecule has 0 aliphatic heterocycles. The van der Waals surface area contributed by atoms with Gasteiger partial charge < -0.3 is 8.98 Å². The van der Waals surface area contributed by atoms with Gasteiger partial charge in [-0.25, -0.2) is 15.0 Å². The summed E-state index contributed by atoms with van der Waals surface area (Å²) in [5.74, 6) is 1.89. The van der Waals surface area contributed by atoms with E-state index in [0.717, 1.165) is 44.3 Å². The molecule has 0 saturated carbocycles. The zero-order chi connectivity index (χ0) is 37.5. The molecule has 0 unspecified atom stereocenters. The van der Waals surface area contributed by atoms with E-state index in [9.17, 15) is 0 Å². The number of thiophene rings is 1. The molecular formula is C51H30N4OS. The molecule has 4 heterocycles. The van der Waals surface area contributed by atoms with E-state index in [4.69, 9.17) is 19.4 Å². The summed E-state index contributed by atoms with van der Waals surface area (Å²) in [6.07, 6.45) is 0. The first-order chi connectivity index (χ1) is 28.2. The minimum atomic E-state index is 0.620. The van der Waals surface area contributed by atoms with E-state index in [1.807, 2.05) is 60.7 Å². The fraction of sp³-hybridized carbons (Fsp3) is 0. The average molecular weight is 747 g/mol. The molecule has 57 heavy (non-hydrogen) atoms. The van der Waals surface area contributed by atoms with Crippen molar-refractivity contribution in [2.75, 3.05) is 0 Å². The third-order valence-corrected chi connectivity index (χ3v) is 12.2. The van der Waals surface area contributed by atoms with Crippen LogP contribution >= 0.6 is 11.3 Å². The number of hydrogen-bond acceptors (Lipinski definition) is 5. The largest absolute Gasteiger partial charge is 0.456 e. The number of hydrogen-bond donors (Lipinski definition) is 0. The van der Waals surface area contributed by atoms with Crippen LogP contribution in [0.2, 0.25) is 0 Å². The lowest BCUT2D eigenvalue weighted by molar-refractivity contribution is 0.669. The van der Waals surface area contributed by atoms with Crippen LogP contribution in [0.15, 0.2) is 186 Å². The molecule has 0 aliphatic rings. The molecule has 0 N–H and O–H groups in total. The Hall–Kier alpha value is -7.41. The van der Waals surface area contributed by atoms with Gasteiger partial charge in [0.1, 0.15) is 11.2 Å². The highest BCUT2D eigenvalue weighted by Crippen LogP contribution is 2.42. The van der Waals surface area contributed by atoms with Gasteiger partial charge in [0.25, 0.3) is 0 Å². The lowest BCUT2D eigenvalue weighted by atomic mass is 9.99. The van der Waals surface area contributed by atoms with Crippen LogP contribution in [0, 0.1) is 0 Å². The monoisotopic (exact) mass is 746 g/mol. The van der Waals surface area contributed by atoms with E-state index >= 15 is 0 Å². The van der Waals surface area contributed by atoms with E-state index in [1.165, 1.54) is 53.1 Å². The van der Waals surface area contributed by atoms with Gasteiger partial charge in [-0.2, -0.15) is 0 Å². The van der Waals surface area contributed by atoms with Crippen molar-refractivity contribution >= 4 is 75.3 Å². The molecule has 12 aromatic rings. The smallest absolute Gasteiger partial charge is 0.164 e. The number of fused-ring (bicyclic) bond motifs is 9. The molecule has 12 rings (SSSR count). The summed E-state index contributed by atoms with van der Waals surface area (Å²) in [5, 5.41) is 7.05. The second kappa shape index (κ2) is 12.6. The van der Waals surface area contributed by atoms with Crippen LogP contribution in [0.5, 0.6) is 0 Å². The molecule has 0 bridgehead atoms. The molecule has 0 radical (unpaired) electrons. The highest BCUT2D eigenvalue weighted by atomic mass is 32.1. The lowest BCUT2D eigenvalue weighted by Crippen LogP contribution is -2.00. The minimum Gasteiger partial charge on any atom is -0.456 e. The van der Waals surface area contributed by atoms with Gasteiger partial charge in [-0.3, -0.25) is 0 Å². The van der Waals surface area contributed by atoms with Crippen LogP contribution in [-0.2, 0) is 0 Å². The van der Waals surface area contributed by atoms with Gasteiger partial charge in [-0.05, 0) is 66.2 Å². The quantitative estimate of drug-likeness (QED) is 0.176. The van der Waals surface area contributed by atoms with Crippen molar-refractivity contribution < 1.29 is 4.42 Å². The summed E-state index contributed by atoms with van der Waals surface area (Å²) >= 11 is 1.80. The van der Waals surface area contributed by atoms with Crippen LogP contribution in [0.25, 0.3) is 115 Å². The molecular weight excluding hydrogens is 717 g/mol. The van der Waals surface area contributed by atoms with Crippen molar-refractivity contribution in [2.24, 2.45) is 0 Å². The maximum absolute atomic E-state index is 6.13. The Morgan fingerprint density at radius 2 is 1.02 bits per heavy atom. The maximum Gasteiger partial charge on any atom is 0.164 e. The summed E-state index contributed by atoms with van der Waals surface area (Å²) in [5.41, 5.74) is 10.5. The molecule has 0 amide bonds. The van der Waals surface area contributed by atoms with E-state index in [2.05, 4.69) is 126 Å². The van der Waals surface area contributed by atoms with Gasteiger partial charge in [0.15, 0.2) is 17.5 Å². The second-order valence-corrected chi connectivity index (χ2v) is 15.5. The van der Waals surface area contributed by atoms with Crippen molar-refractivity contribution in [1.29, 1.82) is 0 Å². The van der Waals surface area contributed by atoms with Gasteiger partial charge in [-0.1, -0.05) is 121 Å². The van der Waals surface area contributed by atoms with Crippen molar-refractivity contribution in [3.8, 4) is 51.0 Å². The first-order valence-corrected chi connectivity index (χ1v) is 19.8. The Bertz CT molecular complexity index is 3530. The van der Waals surface area contributed by atoms with Crippen LogP contribution in [-0.4, -0.2) is 19.5 Å². The first-order valence-electron chi connectivity index (χ1n) is 19.0. The zero-order valence-corrected chi connectivity index (χ0v) is 31.2. The molecule has 4 aromatic heterocycles. The van der Waals surface area contributed by atoms with E-state index in [1.54, 1.807) is 11.3 Å². The Labute approximate surface area is 330 Å². The third kappa shape index (κ3) is 5.12. The number of para-hydroxylation sites is 4. The number of benzene rings is 8. The molecule has 0 fully saturated rings. The molecule has 0 aliphatic carbocycles. The summed E-state index contributed by atoms with van der Waals surface area (Å²) in [6, 6.07) is 64.0. The topological polar surface area (TPSA) is 56.7 Å². The Morgan fingerprint density at radius 3 is 1.86 bits per heavy atom. The van der Waals surface area contributed by atoms with Crippen molar-refractivity contribution in [3.05, 3.63) is 182 Å². The standard InChI is InChI=1S/C51H30N4OS/c1-3-12-31(13-4-1)49-52-50(33-23-26-45-41(29-33)38-17-8-10-21-44(38)56-45)54-51(53-49)34-22-25-39-42-28-32(24-27-46(42)57-47(39)30-34)36-18-11-19-40-37-16-7-9-20-43(37)55(48(36)40)35-14-5-2-6-15-35/h1-30H. The second-order valence-electron chi connectivity index (χ2n) is 14.4. The van der Waals surface area contributed by atoms with Crippen LogP contribution in [0.1, 0.15) is 0 Å². The predicted octanol–water partition coefficient (Wildman–Crippen LogP) is 13.9. The summed E-state index contributed by atoms with van der Waals surface area (Å²) in [7, 11) is 0. The maximum atomic E-state index is 6.13. The van der Waals surface area contributed by atoms with Crippen molar-refractivity contribution in [2.45, 2.75) is 0 Å². The van der Waals surface area contributed by atoms with Crippen molar-refractivity contribution in [3.63, 3.8) is 0 Å². The van der Waals surface area contributed by atoms with Gasteiger partial charge in [0.2, 0.25) is 0 Å². The molecule has 8 aromatic carbocycles. The minimum absolute atomic E-state index is 0.620. The number of nitrogens with zero attached hydrogens (tertiary/aromatic N) is 4. The molecule has 0 atom stereocenters. The van der Waals surface area contributed by atoms with Gasteiger partial charge in [-0.15, -0.1) is 11.3 Å². The fourth-order valence-corrected chi connectivity index (χ4v) is 9.52. The first kappa shape index (κ1) is 31.9. The van der Waals surface area contributed by atoms with Crippen LogP contribution in [0.4, 0.5) is 0 Å². The Morgan fingerprint density at radius 1 is 0.386 bits per heavy atom. The van der Waals surface area contributed by atoms with Crippen molar-refractivity contribution in [1.82, 2.24) is 19.5 Å². The van der Waals surface area contributed by atoms with E-state index in [0.29, 0.717) is 17.5 Å². The molecule has 6 heteroatoms. The summed E-state index contributed by atoms with van der Waals surface area (Å²) in [4.78, 5) is 15.2. The molecule has 266 valence electrons. The third-order valence-electron chi connectivity index (χ3n) is 11.1. The Kier molecular flexibility index (Phi) is 7.03. The Balaban J connectivity index is 1.00. The predicted molar refractivity (Wildman–Crippen MR) is 236 cm³/mol. The highest BCUT2D eigenvalue weighted by Gasteiger charge is 2.19. The molecule has 0 saturated heterocycles. The van der Waals surface area contributed by atoms with Gasteiger partial charge >= 0.3 is 0 Å². The van der Waals surface area contributed by atoms with Crippen LogP contribution in [0.3, 0.4) is 0 Å². The number of aromatic nitrogens is 4. The average Bonchev–Trinajstić information content (AvgIpc) is 3.95. The zero-order valence-electron chi connectivity index (χ0n) is 30.4. The molecule has 5 nitrogen and oxygen atoms in total. The number of rotatable bonds is 5. The lowest BCUT2D eigenvalue weighted by Gasteiger charge is -2.12. The van der Waals surface area contributed by atoms with E-state index < -0.39 is 0 Å². The SMILES string of the molecule is c1ccc(-c2nc(-c3ccc4c(c3)sc3ccc(-c5cccc6c7ccccc7n(-c7ccccc7)c56)cc34)nc(-c3ccc4oc5ccccc5c4c3)n2)cc1.